The number of aliphatic carboxylic acids is 1. The number of nitrogens with one attached hydrogen (secondary N) is 1. The first-order chi connectivity index (χ1) is 7.99. The molecule has 1 aromatic rings. The molecule has 2 N–H and O–H groups in total. The molecule has 1 amide bonds. The fourth-order valence-electron chi connectivity index (χ4n) is 0.901. The Hall–Kier alpha value is -1.47. The summed E-state index contributed by atoms with van der Waals surface area (Å²) in [5.41, 5.74) is 0. The van der Waals surface area contributed by atoms with Gasteiger partial charge in [-0.15, -0.1) is 0 Å². The predicted molar refractivity (Wildman–Crippen MR) is 63.6 cm³/mol. The summed E-state index contributed by atoms with van der Waals surface area (Å²) in [7, 11) is 0. The molecule has 1 aromatic heterocycles. The first-order valence-corrected chi connectivity index (χ1v) is 5.54. The third kappa shape index (κ3) is 4.92. The molecule has 7 heteroatoms. The number of carboxylic acid groups (broad SMARTS) is 1. The molecule has 0 bridgehead atoms. The van der Waals surface area contributed by atoms with Gasteiger partial charge in [-0.1, -0.05) is 0 Å². The summed E-state index contributed by atoms with van der Waals surface area (Å²) >= 11 is 3.21. The number of carboxylic acids is 1. The number of halogens is 1. The zero-order valence-electron chi connectivity index (χ0n) is 9.01. The van der Waals surface area contributed by atoms with Crippen LogP contribution >= 0.6 is 15.9 Å². The normalized spacial score (nSPS) is 11.9. The van der Waals surface area contributed by atoms with Crippen molar-refractivity contribution in [3.8, 4) is 0 Å². The standard InChI is InChI=1S/C10H11BrN2O4/c1-6(10(15)16)17-5-9(14)13-8-3-2-7(11)4-12-8/h2-4,6H,5H2,1H3,(H,15,16)(H,12,13,14). The number of carbonyl (C=O) groups is 2. The van der Waals surface area contributed by atoms with Gasteiger partial charge in [-0.3, -0.25) is 4.79 Å². The van der Waals surface area contributed by atoms with Crippen LogP contribution in [0.15, 0.2) is 22.8 Å². The molecule has 1 rings (SSSR count). The van der Waals surface area contributed by atoms with Crippen LogP contribution in [0.2, 0.25) is 0 Å². The molecule has 1 atom stereocenters. The van der Waals surface area contributed by atoms with Gasteiger partial charge in [0.05, 0.1) is 0 Å². The van der Waals surface area contributed by atoms with Crippen molar-refractivity contribution >= 4 is 33.6 Å². The lowest BCUT2D eigenvalue weighted by Crippen LogP contribution is -2.26. The molecule has 0 saturated heterocycles. The lowest BCUT2D eigenvalue weighted by molar-refractivity contribution is -0.150. The molecule has 17 heavy (non-hydrogen) atoms. The zero-order valence-corrected chi connectivity index (χ0v) is 10.6. The van der Waals surface area contributed by atoms with Crippen LogP contribution < -0.4 is 5.32 Å². The summed E-state index contributed by atoms with van der Waals surface area (Å²) in [6.07, 6.45) is 0.523. The number of nitrogens with zero attached hydrogens (tertiary/aromatic N) is 1. The van der Waals surface area contributed by atoms with Crippen LogP contribution in [0.5, 0.6) is 0 Å². The van der Waals surface area contributed by atoms with E-state index in [1.807, 2.05) is 0 Å². The van der Waals surface area contributed by atoms with E-state index in [0.717, 1.165) is 4.47 Å². The topological polar surface area (TPSA) is 88.5 Å². The molecular formula is C10H11BrN2O4. The van der Waals surface area contributed by atoms with Gasteiger partial charge < -0.3 is 15.2 Å². The first kappa shape index (κ1) is 13.6. The minimum absolute atomic E-state index is 0.328. The average Bonchev–Trinajstić information content (AvgIpc) is 2.29. The minimum atomic E-state index is -1.11. The highest BCUT2D eigenvalue weighted by Crippen LogP contribution is 2.10. The van der Waals surface area contributed by atoms with Gasteiger partial charge in [0.2, 0.25) is 0 Å². The molecule has 92 valence electrons. The van der Waals surface area contributed by atoms with E-state index in [1.165, 1.54) is 13.1 Å². The van der Waals surface area contributed by atoms with Crippen LogP contribution in [0.3, 0.4) is 0 Å². The Kier molecular flexibility index (Phi) is 5.05. The molecule has 1 unspecified atom stereocenters. The molecule has 0 saturated carbocycles. The number of amides is 1. The Morgan fingerprint density at radius 3 is 2.82 bits per heavy atom. The Morgan fingerprint density at radius 2 is 2.29 bits per heavy atom. The number of rotatable bonds is 5. The molecule has 0 aliphatic rings. The van der Waals surface area contributed by atoms with Gasteiger partial charge in [-0.05, 0) is 35.0 Å². The van der Waals surface area contributed by atoms with Crippen LogP contribution in [0.25, 0.3) is 0 Å². The van der Waals surface area contributed by atoms with E-state index in [4.69, 9.17) is 9.84 Å². The molecule has 0 aliphatic carbocycles. The summed E-state index contributed by atoms with van der Waals surface area (Å²) in [5, 5.41) is 11.0. The van der Waals surface area contributed by atoms with E-state index in [9.17, 15) is 9.59 Å². The van der Waals surface area contributed by atoms with Crippen molar-refractivity contribution in [2.45, 2.75) is 13.0 Å². The summed E-state index contributed by atoms with van der Waals surface area (Å²) in [4.78, 5) is 25.7. The fourth-order valence-corrected chi connectivity index (χ4v) is 1.14. The molecule has 1 heterocycles. The summed E-state index contributed by atoms with van der Waals surface area (Å²) < 4.78 is 5.61. The van der Waals surface area contributed by atoms with Crippen LogP contribution in [-0.4, -0.2) is 34.7 Å². The Labute approximate surface area is 106 Å². The number of hydrogen-bond acceptors (Lipinski definition) is 4. The molecule has 0 aliphatic heterocycles. The highest BCUT2D eigenvalue weighted by molar-refractivity contribution is 9.10. The summed E-state index contributed by atoms with van der Waals surface area (Å²) in [6, 6.07) is 3.34. The maximum Gasteiger partial charge on any atom is 0.332 e. The average molecular weight is 303 g/mol. The van der Waals surface area contributed by atoms with Crippen LogP contribution in [0.4, 0.5) is 5.82 Å². The number of aromatic nitrogens is 1. The molecular weight excluding hydrogens is 292 g/mol. The zero-order chi connectivity index (χ0) is 12.8. The van der Waals surface area contributed by atoms with Crippen molar-refractivity contribution < 1.29 is 19.4 Å². The first-order valence-electron chi connectivity index (χ1n) is 4.75. The SMILES string of the molecule is CC(OCC(=O)Nc1ccc(Br)cn1)C(=O)O. The lowest BCUT2D eigenvalue weighted by atomic mass is 10.4. The van der Waals surface area contributed by atoms with E-state index >= 15 is 0 Å². The van der Waals surface area contributed by atoms with E-state index in [1.54, 1.807) is 12.1 Å². The Bertz CT molecular complexity index is 407. The largest absolute Gasteiger partial charge is 0.479 e. The summed E-state index contributed by atoms with van der Waals surface area (Å²) in [5.74, 6) is -1.18. The van der Waals surface area contributed by atoms with Crippen molar-refractivity contribution in [3.63, 3.8) is 0 Å². The van der Waals surface area contributed by atoms with Gasteiger partial charge in [0.1, 0.15) is 12.4 Å². The maximum atomic E-state index is 11.3. The number of carbonyl (C=O) groups excluding carboxylic acids is 1. The van der Waals surface area contributed by atoms with Gasteiger partial charge >= 0.3 is 5.97 Å². The van der Waals surface area contributed by atoms with E-state index < -0.39 is 18.0 Å². The van der Waals surface area contributed by atoms with Crippen molar-refractivity contribution in [2.24, 2.45) is 0 Å². The molecule has 0 spiro atoms. The fraction of sp³-hybridized carbons (Fsp3) is 0.300. The van der Waals surface area contributed by atoms with Crippen molar-refractivity contribution in [1.82, 2.24) is 4.98 Å². The molecule has 0 radical (unpaired) electrons. The Balaban J connectivity index is 2.39. The summed E-state index contributed by atoms with van der Waals surface area (Å²) in [6.45, 7) is 1.03. The minimum Gasteiger partial charge on any atom is -0.479 e. The predicted octanol–water partition coefficient (Wildman–Crippen LogP) is 1.27. The van der Waals surface area contributed by atoms with Gasteiger partial charge in [0, 0.05) is 10.7 Å². The van der Waals surface area contributed by atoms with Gasteiger partial charge in [-0.25, -0.2) is 9.78 Å². The van der Waals surface area contributed by atoms with E-state index in [0.29, 0.717) is 5.82 Å². The second-order valence-corrected chi connectivity index (χ2v) is 4.12. The van der Waals surface area contributed by atoms with Crippen LogP contribution in [0.1, 0.15) is 6.92 Å². The smallest absolute Gasteiger partial charge is 0.332 e. The number of ether oxygens (including phenoxy) is 1. The quantitative estimate of drug-likeness (QED) is 0.855. The molecule has 0 aromatic carbocycles. The second-order valence-electron chi connectivity index (χ2n) is 3.20. The molecule has 6 nitrogen and oxygen atoms in total. The molecule has 0 fully saturated rings. The third-order valence-electron chi connectivity index (χ3n) is 1.81. The highest BCUT2D eigenvalue weighted by Gasteiger charge is 2.13. The lowest BCUT2D eigenvalue weighted by Gasteiger charge is -2.08. The second kappa shape index (κ2) is 6.31. The Morgan fingerprint density at radius 1 is 1.59 bits per heavy atom. The maximum absolute atomic E-state index is 11.3. The third-order valence-corrected chi connectivity index (χ3v) is 2.28. The number of anilines is 1. The number of hydrogen-bond donors (Lipinski definition) is 2. The van der Waals surface area contributed by atoms with E-state index in [-0.39, 0.29) is 6.61 Å². The number of pyridine rings is 1. The van der Waals surface area contributed by atoms with Gasteiger partial charge in [-0.2, -0.15) is 0 Å². The van der Waals surface area contributed by atoms with E-state index in [2.05, 4.69) is 26.2 Å². The highest BCUT2D eigenvalue weighted by atomic mass is 79.9. The van der Waals surface area contributed by atoms with Crippen molar-refractivity contribution in [1.29, 1.82) is 0 Å². The van der Waals surface area contributed by atoms with Gasteiger partial charge in [0.25, 0.3) is 5.91 Å². The van der Waals surface area contributed by atoms with Crippen LogP contribution in [-0.2, 0) is 14.3 Å². The van der Waals surface area contributed by atoms with Crippen molar-refractivity contribution in [2.75, 3.05) is 11.9 Å². The van der Waals surface area contributed by atoms with Crippen LogP contribution in [0, 0.1) is 0 Å². The van der Waals surface area contributed by atoms with Gasteiger partial charge in [0.15, 0.2) is 6.10 Å². The van der Waals surface area contributed by atoms with Crippen molar-refractivity contribution in [3.05, 3.63) is 22.8 Å². The monoisotopic (exact) mass is 302 g/mol.